The summed E-state index contributed by atoms with van der Waals surface area (Å²) in [6.07, 6.45) is 1.13. The monoisotopic (exact) mass is 231 g/mol. The number of hydrogen-bond acceptors (Lipinski definition) is 3. The Morgan fingerprint density at radius 1 is 1.47 bits per heavy atom. The first kappa shape index (κ1) is 10.6. The molecular formula is C13H17N3O. The smallest absolute Gasteiger partial charge is 0.201 e. The highest BCUT2D eigenvalue weighted by molar-refractivity contribution is 5.78. The summed E-state index contributed by atoms with van der Waals surface area (Å²) in [6, 6.07) is 8.06. The molecular weight excluding hydrogens is 214 g/mol. The SMILES string of the molecule is CC1OCCC1(C)n1c(N)nc2ccccc21. The van der Waals surface area contributed by atoms with Gasteiger partial charge < -0.3 is 15.0 Å². The average molecular weight is 231 g/mol. The minimum atomic E-state index is -0.0970. The Labute approximate surface area is 100 Å². The normalized spacial score (nSPS) is 28.9. The quantitative estimate of drug-likeness (QED) is 0.818. The largest absolute Gasteiger partial charge is 0.376 e. The van der Waals surface area contributed by atoms with Gasteiger partial charge in [0.05, 0.1) is 22.7 Å². The van der Waals surface area contributed by atoms with Crippen molar-refractivity contribution in [2.45, 2.75) is 31.9 Å². The van der Waals surface area contributed by atoms with E-state index >= 15 is 0 Å². The van der Waals surface area contributed by atoms with Gasteiger partial charge in [0.1, 0.15) is 0 Å². The predicted octanol–water partition coefficient (Wildman–Crippen LogP) is 2.14. The Morgan fingerprint density at radius 2 is 2.24 bits per heavy atom. The summed E-state index contributed by atoms with van der Waals surface area (Å²) >= 11 is 0. The number of para-hydroxylation sites is 2. The molecule has 1 fully saturated rings. The Kier molecular flexibility index (Phi) is 2.16. The molecule has 17 heavy (non-hydrogen) atoms. The lowest BCUT2D eigenvalue weighted by molar-refractivity contribution is 0.0783. The second-order valence-corrected chi connectivity index (χ2v) is 4.91. The third-order valence-electron chi connectivity index (χ3n) is 3.95. The Hall–Kier alpha value is -1.55. The molecule has 1 aliphatic rings. The van der Waals surface area contributed by atoms with E-state index in [4.69, 9.17) is 10.5 Å². The van der Waals surface area contributed by atoms with Crippen molar-refractivity contribution in [3.63, 3.8) is 0 Å². The molecule has 0 aliphatic carbocycles. The second-order valence-electron chi connectivity index (χ2n) is 4.91. The third kappa shape index (κ3) is 1.37. The Balaban J connectivity index is 2.26. The van der Waals surface area contributed by atoms with Gasteiger partial charge >= 0.3 is 0 Å². The molecule has 0 amide bonds. The summed E-state index contributed by atoms with van der Waals surface area (Å²) in [6.45, 7) is 5.07. The molecule has 2 aromatic rings. The van der Waals surface area contributed by atoms with Crippen molar-refractivity contribution in [2.24, 2.45) is 0 Å². The fourth-order valence-corrected chi connectivity index (χ4v) is 2.70. The summed E-state index contributed by atoms with van der Waals surface area (Å²) in [5, 5.41) is 0. The highest BCUT2D eigenvalue weighted by Crippen LogP contribution is 2.37. The average Bonchev–Trinajstić information content (AvgIpc) is 2.80. The van der Waals surface area contributed by atoms with Gasteiger partial charge in [-0.2, -0.15) is 0 Å². The van der Waals surface area contributed by atoms with E-state index in [0.29, 0.717) is 5.95 Å². The topological polar surface area (TPSA) is 53.1 Å². The van der Waals surface area contributed by atoms with E-state index in [-0.39, 0.29) is 11.6 Å². The van der Waals surface area contributed by atoms with Gasteiger partial charge in [-0.3, -0.25) is 0 Å². The summed E-state index contributed by atoms with van der Waals surface area (Å²) in [5.74, 6) is 0.575. The van der Waals surface area contributed by atoms with Crippen LogP contribution in [0.2, 0.25) is 0 Å². The fourth-order valence-electron chi connectivity index (χ4n) is 2.70. The Morgan fingerprint density at radius 3 is 2.94 bits per heavy atom. The number of fused-ring (bicyclic) bond motifs is 1. The molecule has 0 bridgehead atoms. The van der Waals surface area contributed by atoms with Gasteiger partial charge in [0, 0.05) is 6.61 Å². The first-order chi connectivity index (χ1) is 8.13. The molecule has 0 radical (unpaired) electrons. The zero-order valence-corrected chi connectivity index (χ0v) is 10.2. The number of aromatic nitrogens is 2. The second kappa shape index (κ2) is 3.47. The highest BCUT2D eigenvalue weighted by atomic mass is 16.5. The molecule has 2 heterocycles. The van der Waals surface area contributed by atoms with Crippen molar-refractivity contribution >= 4 is 17.0 Å². The van der Waals surface area contributed by atoms with E-state index in [2.05, 4.69) is 29.5 Å². The van der Waals surface area contributed by atoms with Crippen LogP contribution in [0, 0.1) is 0 Å². The summed E-state index contributed by atoms with van der Waals surface area (Å²) in [7, 11) is 0. The van der Waals surface area contributed by atoms with Crippen molar-refractivity contribution in [2.75, 3.05) is 12.3 Å². The zero-order valence-electron chi connectivity index (χ0n) is 10.2. The minimum absolute atomic E-state index is 0.0970. The molecule has 4 heteroatoms. The van der Waals surface area contributed by atoms with Gasteiger partial charge in [-0.05, 0) is 32.4 Å². The third-order valence-corrected chi connectivity index (χ3v) is 3.95. The number of anilines is 1. The maximum Gasteiger partial charge on any atom is 0.201 e. The van der Waals surface area contributed by atoms with E-state index in [1.807, 2.05) is 18.2 Å². The van der Waals surface area contributed by atoms with Crippen LogP contribution in [0.4, 0.5) is 5.95 Å². The number of nitrogen functional groups attached to an aromatic ring is 1. The zero-order chi connectivity index (χ0) is 12.0. The van der Waals surface area contributed by atoms with Crippen molar-refractivity contribution in [1.29, 1.82) is 0 Å². The van der Waals surface area contributed by atoms with Gasteiger partial charge in [-0.25, -0.2) is 4.98 Å². The molecule has 4 nitrogen and oxygen atoms in total. The van der Waals surface area contributed by atoms with Gasteiger partial charge in [0.2, 0.25) is 5.95 Å². The lowest BCUT2D eigenvalue weighted by Crippen LogP contribution is -2.37. The molecule has 2 unspecified atom stereocenters. The van der Waals surface area contributed by atoms with E-state index in [0.717, 1.165) is 24.1 Å². The van der Waals surface area contributed by atoms with Crippen LogP contribution in [0.25, 0.3) is 11.0 Å². The highest BCUT2D eigenvalue weighted by Gasteiger charge is 2.40. The number of hydrogen-bond donors (Lipinski definition) is 1. The van der Waals surface area contributed by atoms with E-state index in [1.165, 1.54) is 0 Å². The van der Waals surface area contributed by atoms with Crippen LogP contribution in [0.15, 0.2) is 24.3 Å². The van der Waals surface area contributed by atoms with Gasteiger partial charge in [-0.15, -0.1) is 0 Å². The number of ether oxygens (including phenoxy) is 1. The van der Waals surface area contributed by atoms with E-state index in [1.54, 1.807) is 0 Å². The van der Waals surface area contributed by atoms with Crippen LogP contribution in [-0.2, 0) is 10.3 Å². The maximum absolute atomic E-state index is 6.08. The summed E-state index contributed by atoms with van der Waals surface area (Å²) in [4.78, 5) is 4.42. The molecule has 3 rings (SSSR count). The van der Waals surface area contributed by atoms with Gasteiger partial charge in [-0.1, -0.05) is 12.1 Å². The molecule has 2 N–H and O–H groups in total. The molecule has 1 aromatic heterocycles. The maximum atomic E-state index is 6.08. The van der Waals surface area contributed by atoms with Crippen molar-refractivity contribution in [3.05, 3.63) is 24.3 Å². The lowest BCUT2D eigenvalue weighted by Gasteiger charge is -2.30. The van der Waals surface area contributed by atoms with Gasteiger partial charge in [0.15, 0.2) is 0 Å². The molecule has 90 valence electrons. The molecule has 1 aromatic carbocycles. The van der Waals surface area contributed by atoms with Crippen LogP contribution < -0.4 is 5.73 Å². The first-order valence-corrected chi connectivity index (χ1v) is 5.98. The van der Waals surface area contributed by atoms with Crippen molar-refractivity contribution in [1.82, 2.24) is 9.55 Å². The first-order valence-electron chi connectivity index (χ1n) is 5.98. The van der Waals surface area contributed by atoms with Crippen molar-refractivity contribution < 1.29 is 4.74 Å². The minimum Gasteiger partial charge on any atom is -0.376 e. The number of imidazole rings is 1. The fraction of sp³-hybridized carbons (Fsp3) is 0.462. The number of rotatable bonds is 1. The summed E-state index contributed by atoms with van der Waals surface area (Å²) in [5.41, 5.74) is 8.02. The molecule has 0 spiro atoms. The molecule has 2 atom stereocenters. The predicted molar refractivity (Wildman–Crippen MR) is 67.8 cm³/mol. The Bertz CT molecular complexity index is 563. The van der Waals surface area contributed by atoms with E-state index < -0.39 is 0 Å². The molecule has 0 saturated carbocycles. The number of nitrogens with zero attached hydrogens (tertiary/aromatic N) is 2. The van der Waals surface area contributed by atoms with Crippen LogP contribution in [0.5, 0.6) is 0 Å². The molecule has 1 aliphatic heterocycles. The van der Waals surface area contributed by atoms with Gasteiger partial charge in [0.25, 0.3) is 0 Å². The number of nitrogens with two attached hydrogens (primary N) is 1. The van der Waals surface area contributed by atoms with Crippen LogP contribution in [0.1, 0.15) is 20.3 Å². The van der Waals surface area contributed by atoms with Crippen LogP contribution >= 0.6 is 0 Å². The summed E-state index contributed by atoms with van der Waals surface area (Å²) < 4.78 is 7.82. The van der Waals surface area contributed by atoms with Crippen molar-refractivity contribution in [3.8, 4) is 0 Å². The molecule has 1 saturated heterocycles. The standard InChI is InChI=1S/C13H17N3O/c1-9-13(2,7-8-17-9)16-11-6-4-3-5-10(11)15-12(16)14/h3-6,9H,7-8H2,1-2H3,(H2,14,15). The van der Waals surface area contributed by atoms with E-state index in [9.17, 15) is 0 Å². The van der Waals surface area contributed by atoms with Crippen LogP contribution in [0.3, 0.4) is 0 Å². The lowest BCUT2D eigenvalue weighted by atomic mass is 9.94. The van der Waals surface area contributed by atoms with Crippen LogP contribution in [-0.4, -0.2) is 22.3 Å². The number of benzene rings is 1.